The van der Waals surface area contributed by atoms with E-state index in [1.807, 2.05) is 13.8 Å². The van der Waals surface area contributed by atoms with E-state index in [-0.39, 0.29) is 22.4 Å². The first-order chi connectivity index (χ1) is 9.88. The summed E-state index contributed by atoms with van der Waals surface area (Å²) in [5.74, 6) is -1.47. The predicted octanol–water partition coefficient (Wildman–Crippen LogP) is 2.19. The lowest BCUT2D eigenvalue weighted by atomic mass is 10.2. The van der Waals surface area contributed by atoms with Gasteiger partial charge in [0.25, 0.3) is 0 Å². The Morgan fingerprint density at radius 1 is 1.29 bits per heavy atom. The lowest BCUT2D eigenvalue weighted by Crippen LogP contribution is -2.40. The normalized spacial score (nSPS) is 15.0. The molecule has 2 N–H and O–H groups in total. The Kier molecular flexibility index (Phi) is 6.55. The molecule has 3 atom stereocenters. The fourth-order valence-corrected chi connectivity index (χ4v) is 3.20. The van der Waals surface area contributed by atoms with Crippen LogP contribution in [0.2, 0.25) is 0 Å². The van der Waals surface area contributed by atoms with Crippen LogP contribution >= 0.6 is 0 Å². The second kappa shape index (κ2) is 7.93. The molecule has 0 bridgehead atoms. The predicted molar refractivity (Wildman–Crippen MR) is 81.8 cm³/mol. The van der Waals surface area contributed by atoms with E-state index in [1.165, 1.54) is 12.1 Å². The summed E-state index contributed by atoms with van der Waals surface area (Å²) in [6, 6.07) is 6.07. The first-order valence-electron chi connectivity index (χ1n) is 6.91. The molecule has 0 radical (unpaired) electrons. The maximum atomic E-state index is 12.4. The minimum absolute atomic E-state index is 0.0108. The zero-order chi connectivity index (χ0) is 16.0. The Bertz CT molecular complexity index is 544. The van der Waals surface area contributed by atoms with Crippen molar-refractivity contribution in [2.24, 2.45) is 0 Å². The molecule has 0 spiro atoms. The molecule has 0 aliphatic carbocycles. The monoisotopic (exact) mass is 311 g/mol. The van der Waals surface area contributed by atoms with Crippen LogP contribution in [0.1, 0.15) is 44.0 Å². The molecule has 5 nitrogen and oxygen atoms in total. The molecule has 1 rings (SSSR count). The van der Waals surface area contributed by atoms with Crippen LogP contribution in [-0.2, 0) is 15.6 Å². The summed E-state index contributed by atoms with van der Waals surface area (Å²) < 4.78 is 12.4. The number of carbonyl (C=O) groups excluding carboxylic acids is 1. The summed E-state index contributed by atoms with van der Waals surface area (Å²) >= 11 is 0. The third-order valence-corrected chi connectivity index (χ3v) is 4.78. The van der Waals surface area contributed by atoms with Gasteiger partial charge in [-0.1, -0.05) is 25.5 Å². The highest BCUT2D eigenvalue weighted by Crippen LogP contribution is 2.17. The van der Waals surface area contributed by atoms with Crippen molar-refractivity contribution in [1.29, 1.82) is 0 Å². The highest BCUT2D eigenvalue weighted by atomic mass is 32.2. The fourth-order valence-electron chi connectivity index (χ4n) is 1.97. The standard InChI is InChI=1S/C15H21NO4S/c1-4-7-10(2)16-14(17)11(3)21(20)13-9-6-5-8-12(13)15(18)19/h5-6,8-11H,4,7H2,1-3H3,(H,16,17)(H,18,19). The fraction of sp³-hybridized carbons (Fsp3) is 0.467. The minimum Gasteiger partial charge on any atom is -0.478 e. The van der Waals surface area contributed by atoms with E-state index < -0.39 is 22.0 Å². The molecule has 1 amide bonds. The molecule has 6 heteroatoms. The lowest BCUT2D eigenvalue weighted by Gasteiger charge is -2.17. The third-order valence-electron chi connectivity index (χ3n) is 3.13. The van der Waals surface area contributed by atoms with Crippen molar-refractivity contribution in [3.05, 3.63) is 29.8 Å². The van der Waals surface area contributed by atoms with Gasteiger partial charge in [-0.05, 0) is 32.4 Å². The Balaban J connectivity index is 2.88. The first-order valence-corrected chi connectivity index (χ1v) is 8.13. The summed E-state index contributed by atoms with van der Waals surface area (Å²) in [7, 11) is -1.70. The Morgan fingerprint density at radius 2 is 1.90 bits per heavy atom. The van der Waals surface area contributed by atoms with Gasteiger partial charge < -0.3 is 10.4 Å². The molecule has 0 heterocycles. The number of carbonyl (C=O) groups is 2. The van der Waals surface area contributed by atoms with Gasteiger partial charge in [0.2, 0.25) is 5.91 Å². The molecule has 0 saturated carbocycles. The number of rotatable bonds is 7. The summed E-state index contributed by atoms with van der Waals surface area (Å²) in [6.45, 7) is 5.46. The van der Waals surface area contributed by atoms with Crippen molar-refractivity contribution in [2.75, 3.05) is 0 Å². The van der Waals surface area contributed by atoms with Crippen LogP contribution in [0, 0.1) is 0 Å². The number of carboxylic acids is 1. The summed E-state index contributed by atoms with van der Waals surface area (Å²) in [5.41, 5.74) is -0.0305. The summed E-state index contributed by atoms with van der Waals surface area (Å²) in [4.78, 5) is 23.4. The van der Waals surface area contributed by atoms with Crippen molar-refractivity contribution in [1.82, 2.24) is 5.32 Å². The molecular weight excluding hydrogens is 290 g/mol. The second-order valence-electron chi connectivity index (χ2n) is 4.94. The number of carboxylic acid groups (broad SMARTS) is 1. The zero-order valence-electron chi connectivity index (χ0n) is 12.5. The van der Waals surface area contributed by atoms with Gasteiger partial charge in [0.05, 0.1) is 21.3 Å². The molecule has 1 aromatic rings. The van der Waals surface area contributed by atoms with Crippen molar-refractivity contribution in [3.8, 4) is 0 Å². The molecule has 0 fully saturated rings. The van der Waals surface area contributed by atoms with Crippen LogP contribution in [0.5, 0.6) is 0 Å². The largest absolute Gasteiger partial charge is 0.478 e. The maximum Gasteiger partial charge on any atom is 0.336 e. The van der Waals surface area contributed by atoms with E-state index in [9.17, 15) is 13.8 Å². The number of hydrogen-bond donors (Lipinski definition) is 2. The van der Waals surface area contributed by atoms with E-state index in [4.69, 9.17) is 5.11 Å². The smallest absolute Gasteiger partial charge is 0.336 e. The van der Waals surface area contributed by atoms with Gasteiger partial charge in [-0.15, -0.1) is 0 Å². The van der Waals surface area contributed by atoms with E-state index in [2.05, 4.69) is 5.32 Å². The molecule has 0 aliphatic rings. The van der Waals surface area contributed by atoms with Crippen LogP contribution in [0.4, 0.5) is 0 Å². The van der Waals surface area contributed by atoms with Gasteiger partial charge in [0, 0.05) is 6.04 Å². The molecule has 3 unspecified atom stereocenters. The van der Waals surface area contributed by atoms with E-state index in [0.717, 1.165) is 12.8 Å². The van der Waals surface area contributed by atoms with Gasteiger partial charge in [-0.25, -0.2) is 4.79 Å². The van der Waals surface area contributed by atoms with Crippen LogP contribution in [-0.4, -0.2) is 32.5 Å². The van der Waals surface area contributed by atoms with E-state index in [1.54, 1.807) is 19.1 Å². The van der Waals surface area contributed by atoms with Crippen molar-refractivity contribution < 1.29 is 18.9 Å². The molecule has 0 saturated heterocycles. The summed E-state index contributed by atoms with van der Waals surface area (Å²) in [5, 5.41) is 11.1. The van der Waals surface area contributed by atoms with Gasteiger partial charge in [0.1, 0.15) is 5.25 Å². The molecule has 21 heavy (non-hydrogen) atoms. The lowest BCUT2D eigenvalue weighted by molar-refractivity contribution is -0.121. The quantitative estimate of drug-likeness (QED) is 0.808. The maximum absolute atomic E-state index is 12.4. The third kappa shape index (κ3) is 4.67. The average Bonchev–Trinajstić information content (AvgIpc) is 2.45. The Labute approximate surface area is 127 Å². The number of hydrogen-bond acceptors (Lipinski definition) is 3. The molecular formula is C15H21NO4S. The molecule has 1 aromatic carbocycles. The van der Waals surface area contributed by atoms with Crippen LogP contribution in [0.25, 0.3) is 0 Å². The van der Waals surface area contributed by atoms with Crippen LogP contribution in [0.3, 0.4) is 0 Å². The molecule has 0 aromatic heterocycles. The average molecular weight is 311 g/mol. The highest BCUT2D eigenvalue weighted by molar-refractivity contribution is 7.86. The first kappa shape index (κ1) is 17.4. The topological polar surface area (TPSA) is 83.5 Å². The SMILES string of the molecule is CCCC(C)NC(=O)C(C)S(=O)c1ccccc1C(=O)O. The Hall–Kier alpha value is -1.69. The van der Waals surface area contributed by atoms with Crippen molar-refractivity contribution in [2.45, 2.75) is 49.8 Å². The second-order valence-corrected chi connectivity index (χ2v) is 6.68. The number of amides is 1. The summed E-state index contributed by atoms with van der Waals surface area (Å²) in [6.07, 6.45) is 1.79. The Morgan fingerprint density at radius 3 is 2.48 bits per heavy atom. The zero-order valence-corrected chi connectivity index (χ0v) is 13.3. The van der Waals surface area contributed by atoms with Crippen LogP contribution < -0.4 is 5.32 Å². The molecule has 0 aliphatic heterocycles. The van der Waals surface area contributed by atoms with Crippen molar-refractivity contribution >= 4 is 22.7 Å². The van der Waals surface area contributed by atoms with Gasteiger partial charge in [-0.2, -0.15) is 0 Å². The minimum atomic E-state index is -1.70. The number of benzene rings is 1. The van der Waals surface area contributed by atoms with Crippen molar-refractivity contribution in [3.63, 3.8) is 0 Å². The number of aromatic carboxylic acids is 1. The van der Waals surface area contributed by atoms with Gasteiger partial charge >= 0.3 is 5.97 Å². The van der Waals surface area contributed by atoms with Gasteiger partial charge in [0.15, 0.2) is 0 Å². The number of nitrogens with one attached hydrogen (secondary N) is 1. The van der Waals surface area contributed by atoms with Crippen LogP contribution in [0.15, 0.2) is 29.2 Å². The van der Waals surface area contributed by atoms with E-state index in [0.29, 0.717) is 0 Å². The van der Waals surface area contributed by atoms with E-state index >= 15 is 0 Å². The van der Waals surface area contributed by atoms with Gasteiger partial charge in [-0.3, -0.25) is 9.00 Å². The molecule has 116 valence electrons. The highest BCUT2D eigenvalue weighted by Gasteiger charge is 2.25.